The molecule has 1 aliphatic heterocycles. The number of fused-ring (bicyclic) bond motifs is 2. The molecule has 0 spiro atoms. The minimum absolute atomic E-state index is 0.107. The number of benzene rings is 3. The molecule has 1 saturated carbocycles. The maximum absolute atomic E-state index is 14.8. The number of anilines is 3. The third-order valence-electron chi connectivity index (χ3n) is 12.4. The van der Waals surface area contributed by atoms with E-state index < -0.39 is 61.2 Å². The number of hydrogen-bond donors (Lipinski definition) is 3. The largest absolute Gasteiger partial charge is 0.489 e. The van der Waals surface area contributed by atoms with E-state index in [-0.39, 0.29) is 45.5 Å². The first kappa shape index (κ1) is 53.8. The van der Waals surface area contributed by atoms with Gasteiger partial charge in [0.15, 0.2) is 15.9 Å². The van der Waals surface area contributed by atoms with Crippen LogP contribution in [-0.4, -0.2) is 95.3 Å². The van der Waals surface area contributed by atoms with Crippen molar-refractivity contribution in [2.75, 3.05) is 41.5 Å². The number of nitrogens with zero attached hydrogens (tertiary/aromatic N) is 1. The van der Waals surface area contributed by atoms with E-state index in [2.05, 4.69) is 22.3 Å². The number of sulfonamides is 1. The number of likely N-dealkylation sites (tertiary alicyclic amines) is 1. The maximum atomic E-state index is 14.8. The molecule has 1 saturated heterocycles. The highest BCUT2D eigenvalue weighted by Gasteiger charge is 2.57. The summed E-state index contributed by atoms with van der Waals surface area (Å²) in [5.41, 5.74) is -0.277. The summed E-state index contributed by atoms with van der Waals surface area (Å²) >= 11 is 0. The summed E-state index contributed by atoms with van der Waals surface area (Å²) in [6.07, 6.45) is 12.0. The van der Waals surface area contributed by atoms with Gasteiger partial charge < -0.3 is 29.6 Å². The third kappa shape index (κ3) is 15.1. The molecular weight excluding hydrogens is 913 g/mol. The third-order valence-corrected chi connectivity index (χ3v) is 14.1. The Labute approximate surface area is 402 Å². The topological polar surface area (TPSA) is 213 Å². The number of rotatable bonds is 27. The van der Waals surface area contributed by atoms with Gasteiger partial charge in [-0.3, -0.25) is 28.8 Å². The summed E-state index contributed by atoms with van der Waals surface area (Å²) in [6.45, 7) is 9.54. The molecule has 3 aromatic rings. The highest BCUT2D eigenvalue weighted by atomic mass is 32.2. The molecule has 374 valence electrons. The smallest absolute Gasteiger partial charge is 0.308 e. The van der Waals surface area contributed by atoms with Gasteiger partial charge in [0.25, 0.3) is 11.8 Å². The Morgan fingerprint density at radius 1 is 0.765 bits per heavy atom. The van der Waals surface area contributed by atoms with E-state index in [1.54, 1.807) is 51.1 Å². The first-order valence-corrected chi connectivity index (χ1v) is 27.5. The van der Waals surface area contributed by atoms with Crippen LogP contribution in [0.1, 0.15) is 123 Å². The number of Topliss-reactive ketones (excluding diaryl/α,β-unsaturated/α-hetero) is 1. The second kappa shape index (κ2) is 23.9. The second-order valence-electron chi connectivity index (χ2n) is 18.6. The molecule has 5 rings (SSSR count). The van der Waals surface area contributed by atoms with Gasteiger partial charge >= 0.3 is 5.97 Å². The van der Waals surface area contributed by atoms with E-state index in [1.165, 1.54) is 63.6 Å². The van der Waals surface area contributed by atoms with E-state index in [4.69, 9.17) is 18.9 Å². The van der Waals surface area contributed by atoms with Crippen molar-refractivity contribution < 1.29 is 55.0 Å². The van der Waals surface area contributed by atoms with Gasteiger partial charge in [-0.2, -0.15) is 0 Å². The van der Waals surface area contributed by atoms with Crippen molar-refractivity contribution in [3.63, 3.8) is 0 Å². The number of unbranched alkanes of at least 4 members (excludes halogenated alkanes) is 9. The molecule has 18 heteroatoms. The molecule has 4 atom stereocenters. The number of carbonyl (C=O) groups is 4. The van der Waals surface area contributed by atoms with E-state index in [9.17, 15) is 36.0 Å². The number of sulfone groups is 1. The minimum Gasteiger partial charge on any atom is -0.489 e. The molecule has 2 bridgehead atoms. The molecule has 3 aromatic carbocycles. The standard InChI is InChI=1S/C50H70N4O12S2/c1-9-10-11-12-13-14-15-16-17-18-19-45(65-38-21-24-42(34(4)28-38)64-35(5)55)48(57)51-37-20-23-43(63-33(2)3)40(29-37)52-49(58)46(47(56)50-27-26-36(31-50)32-54(50)6)66-44-25-22-39(67(7,59)60)30-41(44)53-68(8,61)62/h20-25,28-30,33,36,45-46,53H,9-19,26-27,31-32H2,1-8H3,(H,51,57)(H,52,58). The molecule has 0 radical (unpaired) electrons. The fourth-order valence-electron chi connectivity index (χ4n) is 8.99. The Balaban J connectivity index is 1.43. The lowest BCUT2D eigenvalue weighted by molar-refractivity contribution is -0.142. The molecule has 4 unspecified atom stereocenters. The van der Waals surface area contributed by atoms with Gasteiger partial charge in [-0.05, 0) is 126 Å². The van der Waals surface area contributed by atoms with Crippen LogP contribution in [0.3, 0.4) is 0 Å². The summed E-state index contributed by atoms with van der Waals surface area (Å²) in [5, 5.41) is 5.76. The number of carbonyl (C=O) groups excluding carboxylic acids is 4. The lowest BCUT2D eigenvalue weighted by Crippen LogP contribution is -2.57. The van der Waals surface area contributed by atoms with E-state index in [0.717, 1.165) is 50.7 Å². The van der Waals surface area contributed by atoms with Gasteiger partial charge in [0.1, 0.15) is 23.0 Å². The van der Waals surface area contributed by atoms with Gasteiger partial charge in [-0.1, -0.05) is 64.7 Å². The first-order chi connectivity index (χ1) is 32.1. The Morgan fingerprint density at radius 3 is 1.97 bits per heavy atom. The zero-order chi connectivity index (χ0) is 49.8. The molecular formula is C50H70N4O12S2. The number of likely N-dealkylation sites (N-methyl/N-ethyl adjacent to an activating group) is 1. The highest BCUT2D eigenvalue weighted by molar-refractivity contribution is 7.92. The number of amides is 2. The number of piperidine rings is 1. The molecule has 16 nitrogen and oxygen atoms in total. The summed E-state index contributed by atoms with van der Waals surface area (Å²) in [4.78, 5) is 57.0. The van der Waals surface area contributed by atoms with Crippen LogP contribution in [0.15, 0.2) is 59.5 Å². The Kier molecular flexibility index (Phi) is 18.9. The van der Waals surface area contributed by atoms with Crippen molar-refractivity contribution in [1.82, 2.24) is 4.90 Å². The number of ketones is 1. The Morgan fingerprint density at radius 2 is 1.40 bits per heavy atom. The van der Waals surface area contributed by atoms with Crippen molar-refractivity contribution in [3.05, 3.63) is 60.2 Å². The van der Waals surface area contributed by atoms with Crippen LogP contribution < -0.4 is 34.3 Å². The lowest BCUT2D eigenvalue weighted by Gasteiger charge is -2.36. The summed E-state index contributed by atoms with van der Waals surface area (Å²) < 4.78 is 76.2. The van der Waals surface area contributed by atoms with Crippen molar-refractivity contribution in [2.45, 2.75) is 153 Å². The normalized spacial score (nSPS) is 17.9. The second-order valence-corrected chi connectivity index (χ2v) is 22.4. The van der Waals surface area contributed by atoms with Crippen LogP contribution in [0.25, 0.3) is 0 Å². The van der Waals surface area contributed by atoms with Crippen LogP contribution in [0, 0.1) is 12.8 Å². The van der Waals surface area contributed by atoms with Gasteiger partial charge in [-0.25, -0.2) is 16.8 Å². The molecule has 1 aliphatic carbocycles. The van der Waals surface area contributed by atoms with Crippen molar-refractivity contribution in [2.24, 2.45) is 5.92 Å². The van der Waals surface area contributed by atoms with Crippen molar-refractivity contribution in [1.29, 1.82) is 0 Å². The van der Waals surface area contributed by atoms with E-state index >= 15 is 0 Å². The molecule has 1 heterocycles. The minimum atomic E-state index is -3.99. The number of hydrogen-bond acceptors (Lipinski definition) is 13. The molecule has 68 heavy (non-hydrogen) atoms. The summed E-state index contributed by atoms with van der Waals surface area (Å²) in [7, 11) is -5.98. The van der Waals surface area contributed by atoms with Crippen LogP contribution in [0.4, 0.5) is 17.1 Å². The molecule has 3 N–H and O–H groups in total. The average molecular weight is 983 g/mol. The number of esters is 1. The number of aryl methyl sites for hydroxylation is 1. The van der Waals surface area contributed by atoms with Gasteiger partial charge in [0.05, 0.1) is 34.2 Å². The molecule has 0 aromatic heterocycles. The molecule has 2 aliphatic rings. The Hall–Kier alpha value is -5.20. The molecule has 2 amide bonds. The Bertz CT molecular complexity index is 2500. The summed E-state index contributed by atoms with van der Waals surface area (Å²) in [6, 6.07) is 13.2. The van der Waals surface area contributed by atoms with Gasteiger partial charge in [0, 0.05) is 25.4 Å². The van der Waals surface area contributed by atoms with Crippen LogP contribution in [-0.2, 0) is 39.0 Å². The first-order valence-electron chi connectivity index (χ1n) is 23.7. The predicted octanol–water partition coefficient (Wildman–Crippen LogP) is 8.62. The molecule has 2 fully saturated rings. The van der Waals surface area contributed by atoms with Crippen LogP contribution >= 0.6 is 0 Å². The fraction of sp³-hybridized carbons (Fsp3) is 0.560. The highest BCUT2D eigenvalue weighted by Crippen LogP contribution is 2.47. The fourth-order valence-corrected chi connectivity index (χ4v) is 10.2. The number of nitrogens with one attached hydrogen (secondary N) is 3. The average Bonchev–Trinajstić information content (AvgIpc) is 3.82. The summed E-state index contributed by atoms with van der Waals surface area (Å²) in [5.74, 6) is -1.34. The van der Waals surface area contributed by atoms with Crippen molar-refractivity contribution >= 4 is 60.5 Å². The maximum Gasteiger partial charge on any atom is 0.308 e. The number of ether oxygens (including phenoxy) is 4. The lowest BCUT2D eigenvalue weighted by atomic mass is 9.88. The van der Waals surface area contributed by atoms with Gasteiger partial charge in [-0.15, -0.1) is 0 Å². The zero-order valence-electron chi connectivity index (χ0n) is 40.8. The van der Waals surface area contributed by atoms with Crippen molar-refractivity contribution in [3.8, 4) is 23.0 Å². The predicted molar refractivity (Wildman–Crippen MR) is 263 cm³/mol. The van der Waals surface area contributed by atoms with Gasteiger partial charge in [0.2, 0.25) is 21.9 Å². The van der Waals surface area contributed by atoms with E-state index in [1.807, 2.05) is 11.9 Å². The van der Waals surface area contributed by atoms with Crippen LogP contribution in [0.2, 0.25) is 0 Å². The zero-order valence-corrected chi connectivity index (χ0v) is 42.4. The van der Waals surface area contributed by atoms with E-state index in [0.29, 0.717) is 42.9 Å². The van der Waals surface area contributed by atoms with Crippen LogP contribution in [0.5, 0.6) is 23.0 Å². The SMILES string of the molecule is CCCCCCCCCCCCC(Oc1ccc(OC(C)=O)c(C)c1)C(=O)Nc1ccc(OC(C)C)c(NC(=O)C(Oc2ccc(S(C)(=O)=O)cc2NS(C)(=O)=O)C(=O)C23CCC(CN2C)C3)c1. The quantitative estimate of drug-likeness (QED) is 0.0283. The monoisotopic (exact) mass is 982 g/mol.